The summed E-state index contributed by atoms with van der Waals surface area (Å²) in [6.07, 6.45) is 0. The molecule has 128 valence electrons. The maximum Gasteiger partial charge on any atom is 0.251 e. The van der Waals surface area contributed by atoms with Gasteiger partial charge in [0.05, 0.1) is 0 Å². The van der Waals surface area contributed by atoms with Crippen LogP contribution in [0.1, 0.15) is 10.4 Å². The SMILES string of the molecule is CN1CCN(CCNC(=O)c2cccc(N)c2)CC1.Cl.Cl.Cl. The van der Waals surface area contributed by atoms with E-state index in [1.54, 1.807) is 24.3 Å². The second-order valence-corrected chi connectivity index (χ2v) is 5.03. The molecule has 8 heteroatoms. The van der Waals surface area contributed by atoms with Crippen LogP contribution in [-0.4, -0.2) is 62.0 Å². The van der Waals surface area contributed by atoms with Crippen molar-refractivity contribution in [2.45, 2.75) is 0 Å². The minimum Gasteiger partial charge on any atom is -0.399 e. The molecule has 1 aromatic rings. The van der Waals surface area contributed by atoms with E-state index in [4.69, 9.17) is 5.73 Å². The number of nitrogens with one attached hydrogen (secondary N) is 1. The summed E-state index contributed by atoms with van der Waals surface area (Å²) < 4.78 is 0. The Morgan fingerprint density at radius 1 is 1.18 bits per heavy atom. The summed E-state index contributed by atoms with van der Waals surface area (Å²) in [5.41, 5.74) is 6.90. The third-order valence-corrected chi connectivity index (χ3v) is 3.46. The molecule has 1 aliphatic rings. The van der Waals surface area contributed by atoms with E-state index in [1.807, 2.05) is 0 Å². The molecular formula is C14H25Cl3N4O. The van der Waals surface area contributed by atoms with Gasteiger partial charge >= 0.3 is 0 Å². The van der Waals surface area contributed by atoms with Crippen molar-refractivity contribution in [2.24, 2.45) is 0 Å². The number of nitrogens with zero attached hydrogens (tertiary/aromatic N) is 2. The summed E-state index contributed by atoms with van der Waals surface area (Å²) in [5, 5.41) is 2.93. The number of piperazine rings is 1. The van der Waals surface area contributed by atoms with Crippen molar-refractivity contribution in [3.8, 4) is 0 Å². The lowest BCUT2D eigenvalue weighted by Gasteiger charge is -2.32. The first-order valence-corrected chi connectivity index (χ1v) is 6.70. The molecule has 22 heavy (non-hydrogen) atoms. The Balaban J connectivity index is 0. The first-order valence-electron chi connectivity index (χ1n) is 6.70. The zero-order valence-electron chi connectivity index (χ0n) is 12.7. The average Bonchev–Trinajstić information content (AvgIpc) is 2.41. The number of carbonyl (C=O) groups excluding carboxylic acids is 1. The Bertz CT molecular complexity index is 440. The molecule has 0 radical (unpaired) electrons. The highest BCUT2D eigenvalue weighted by atomic mass is 35.5. The smallest absolute Gasteiger partial charge is 0.251 e. The van der Waals surface area contributed by atoms with Gasteiger partial charge in [0.2, 0.25) is 0 Å². The number of carbonyl (C=O) groups is 1. The predicted molar refractivity (Wildman–Crippen MR) is 98.9 cm³/mol. The van der Waals surface area contributed by atoms with Gasteiger partial charge in [-0.25, -0.2) is 0 Å². The molecule has 1 aromatic carbocycles. The number of nitrogens with two attached hydrogens (primary N) is 1. The lowest BCUT2D eigenvalue weighted by molar-refractivity contribution is 0.0941. The van der Waals surface area contributed by atoms with Crippen LogP contribution in [0.3, 0.4) is 0 Å². The largest absolute Gasteiger partial charge is 0.399 e. The third-order valence-electron chi connectivity index (χ3n) is 3.46. The number of hydrogen-bond acceptors (Lipinski definition) is 4. The van der Waals surface area contributed by atoms with Gasteiger partial charge in [0.25, 0.3) is 5.91 Å². The Labute approximate surface area is 150 Å². The standard InChI is InChI=1S/C14H22N4O.3ClH/c1-17-7-9-18(10-8-17)6-5-16-14(19)12-3-2-4-13(15)11-12;;;/h2-4,11H,5-10,15H2,1H3,(H,16,19);3*1H. The number of halogens is 3. The molecule has 0 unspecified atom stereocenters. The summed E-state index contributed by atoms with van der Waals surface area (Å²) in [4.78, 5) is 16.6. The van der Waals surface area contributed by atoms with Gasteiger partial charge in [-0.05, 0) is 25.2 Å². The van der Waals surface area contributed by atoms with Crippen LogP contribution in [0.4, 0.5) is 5.69 Å². The van der Waals surface area contributed by atoms with Gasteiger partial charge in [0.15, 0.2) is 0 Å². The van der Waals surface area contributed by atoms with Crippen LogP contribution in [-0.2, 0) is 0 Å². The second-order valence-electron chi connectivity index (χ2n) is 5.03. The number of anilines is 1. The molecule has 2 rings (SSSR count). The molecule has 0 bridgehead atoms. The molecule has 0 atom stereocenters. The number of benzene rings is 1. The maximum absolute atomic E-state index is 11.9. The van der Waals surface area contributed by atoms with Gasteiger partial charge in [-0.3, -0.25) is 9.69 Å². The topological polar surface area (TPSA) is 61.6 Å². The zero-order chi connectivity index (χ0) is 13.7. The van der Waals surface area contributed by atoms with E-state index in [0.29, 0.717) is 17.8 Å². The zero-order valence-corrected chi connectivity index (χ0v) is 15.1. The first-order chi connectivity index (χ1) is 9.15. The van der Waals surface area contributed by atoms with Crippen LogP contribution in [0.2, 0.25) is 0 Å². The molecule has 0 aromatic heterocycles. The van der Waals surface area contributed by atoms with Crippen molar-refractivity contribution >= 4 is 48.8 Å². The monoisotopic (exact) mass is 370 g/mol. The second kappa shape index (κ2) is 11.8. The molecule has 0 aliphatic carbocycles. The molecule has 0 saturated carbocycles. The van der Waals surface area contributed by atoms with E-state index in [0.717, 1.165) is 32.7 Å². The molecule has 5 nitrogen and oxygen atoms in total. The van der Waals surface area contributed by atoms with Gasteiger partial charge in [-0.1, -0.05) is 6.07 Å². The van der Waals surface area contributed by atoms with Gasteiger partial charge < -0.3 is 16.0 Å². The van der Waals surface area contributed by atoms with E-state index in [-0.39, 0.29) is 43.1 Å². The highest BCUT2D eigenvalue weighted by molar-refractivity contribution is 5.94. The van der Waals surface area contributed by atoms with Crippen molar-refractivity contribution in [3.05, 3.63) is 29.8 Å². The lowest BCUT2D eigenvalue weighted by atomic mass is 10.2. The average molecular weight is 372 g/mol. The van der Waals surface area contributed by atoms with Crippen molar-refractivity contribution in [3.63, 3.8) is 0 Å². The van der Waals surface area contributed by atoms with Crippen LogP contribution in [0.15, 0.2) is 24.3 Å². The summed E-state index contributed by atoms with van der Waals surface area (Å²) in [6.45, 7) is 5.93. The fourth-order valence-electron chi connectivity index (χ4n) is 2.18. The van der Waals surface area contributed by atoms with Crippen molar-refractivity contribution in [2.75, 3.05) is 52.0 Å². The highest BCUT2D eigenvalue weighted by Crippen LogP contribution is 2.06. The number of hydrogen-bond donors (Lipinski definition) is 2. The van der Waals surface area contributed by atoms with E-state index in [2.05, 4.69) is 22.2 Å². The first kappa shape index (κ1) is 23.5. The highest BCUT2D eigenvalue weighted by Gasteiger charge is 2.13. The molecule has 3 N–H and O–H groups in total. The van der Waals surface area contributed by atoms with E-state index < -0.39 is 0 Å². The summed E-state index contributed by atoms with van der Waals surface area (Å²) in [6, 6.07) is 7.05. The van der Waals surface area contributed by atoms with Crippen LogP contribution in [0, 0.1) is 0 Å². The molecule has 1 amide bonds. The minimum absolute atomic E-state index is 0. The fraction of sp³-hybridized carbons (Fsp3) is 0.500. The summed E-state index contributed by atoms with van der Waals surface area (Å²) in [5.74, 6) is -0.0542. The Kier molecular flexibility index (Phi) is 12.6. The van der Waals surface area contributed by atoms with Gasteiger partial charge in [-0.2, -0.15) is 0 Å². The van der Waals surface area contributed by atoms with Crippen LogP contribution < -0.4 is 11.1 Å². The van der Waals surface area contributed by atoms with E-state index in [1.165, 1.54) is 0 Å². The normalized spacial score (nSPS) is 15.0. The van der Waals surface area contributed by atoms with Crippen molar-refractivity contribution in [1.82, 2.24) is 15.1 Å². The Hall–Kier alpha value is -0.720. The summed E-state index contributed by atoms with van der Waals surface area (Å²) in [7, 11) is 2.14. The minimum atomic E-state index is -0.0542. The number of likely N-dealkylation sites (N-methyl/N-ethyl adjacent to an activating group) is 1. The van der Waals surface area contributed by atoms with E-state index >= 15 is 0 Å². The lowest BCUT2D eigenvalue weighted by Crippen LogP contribution is -2.46. The summed E-state index contributed by atoms with van der Waals surface area (Å²) >= 11 is 0. The van der Waals surface area contributed by atoms with Gasteiger partial charge in [-0.15, -0.1) is 37.2 Å². The van der Waals surface area contributed by atoms with Crippen LogP contribution in [0.5, 0.6) is 0 Å². The maximum atomic E-state index is 11.9. The fourth-order valence-corrected chi connectivity index (χ4v) is 2.18. The Morgan fingerprint density at radius 2 is 1.82 bits per heavy atom. The number of rotatable bonds is 4. The molecule has 1 fully saturated rings. The van der Waals surface area contributed by atoms with Gasteiger partial charge in [0, 0.05) is 50.5 Å². The molecular weight excluding hydrogens is 347 g/mol. The van der Waals surface area contributed by atoms with E-state index in [9.17, 15) is 4.79 Å². The van der Waals surface area contributed by atoms with Crippen molar-refractivity contribution < 1.29 is 4.79 Å². The third kappa shape index (κ3) is 7.51. The number of amides is 1. The van der Waals surface area contributed by atoms with Gasteiger partial charge in [0.1, 0.15) is 0 Å². The van der Waals surface area contributed by atoms with Crippen LogP contribution >= 0.6 is 37.2 Å². The molecule has 1 aliphatic heterocycles. The predicted octanol–water partition coefficient (Wildman–Crippen LogP) is 1.51. The Morgan fingerprint density at radius 3 is 2.41 bits per heavy atom. The molecule has 1 heterocycles. The quantitative estimate of drug-likeness (QED) is 0.788. The molecule has 1 saturated heterocycles. The number of nitrogen functional groups attached to an aromatic ring is 1. The van der Waals surface area contributed by atoms with Crippen LogP contribution in [0.25, 0.3) is 0 Å². The molecule has 0 spiro atoms. The van der Waals surface area contributed by atoms with Crippen molar-refractivity contribution in [1.29, 1.82) is 0 Å².